The number of aliphatic hydroxyl groups is 1. The highest BCUT2D eigenvalue weighted by atomic mass is 127. The van der Waals surface area contributed by atoms with Crippen molar-refractivity contribution in [2.45, 2.75) is 19.9 Å². The molecule has 0 unspecified atom stereocenters. The van der Waals surface area contributed by atoms with Crippen LogP contribution in [0.4, 0.5) is 0 Å². The number of benzene rings is 1. The molecule has 1 rings (SSSR count). The summed E-state index contributed by atoms with van der Waals surface area (Å²) >= 11 is 2.00. The predicted octanol–water partition coefficient (Wildman–Crippen LogP) is 1.84. The Kier molecular flexibility index (Phi) is 5.20. The van der Waals surface area contributed by atoms with Crippen LogP contribution < -0.4 is 0 Å². The van der Waals surface area contributed by atoms with E-state index in [0.29, 0.717) is 15.7 Å². The van der Waals surface area contributed by atoms with Crippen molar-refractivity contribution < 1.29 is 15.0 Å². The molecule has 0 aliphatic carbocycles. The molecule has 5 heteroatoms. The highest BCUT2D eigenvalue weighted by Crippen LogP contribution is 2.21. The number of carbonyl (C=O) groups excluding carboxylic acids is 1. The van der Waals surface area contributed by atoms with Crippen LogP contribution >= 0.6 is 22.6 Å². The average molecular weight is 349 g/mol. The molecule has 0 atom stereocenters. The van der Waals surface area contributed by atoms with E-state index in [1.165, 1.54) is 6.07 Å². The number of aromatic hydroxyl groups is 1. The zero-order valence-electron chi connectivity index (χ0n) is 9.85. The summed E-state index contributed by atoms with van der Waals surface area (Å²) in [6.07, 6.45) is 0. The molecule has 0 aliphatic rings. The summed E-state index contributed by atoms with van der Waals surface area (Å²) in [5, 5.41) is 18.5. The van der Waals surface area contributed by atoms with Crippen LogP contribution in [-0.4, -0.2) is 40.2 Å². The van der Waals surface area contributed by atoms with Gasteiger partial charge in [-0.3, -0.25) is 4.79 Å². The molecule has 0 spiro atoms. The maximum absolute atomic E-state index is 12.1. The number of aliphatic hydroxyl groups excluding tert-OH is 1. The summed E-state index contributed by atoms with van der Waals surface area (Å²) < 4.78 is 0.706. The van der Waals surface area contributed by atoms with E-state index in [9.17, 15) is 9.90 Å². The van der Waals surface area contributed by atoms with Crippen molar-refractivity contribution >= 4 is 28.5 Å². The van der Waals surface area contributed by atoms with Crippen molar-refractivity contribution in [2.24, 2.45) is 0 Å². The Labute approximate surface area is 114 Å². The van der Waals surface area contributed by atoms with Gasteiger partial charge in [-0.25, -0.2) is 0 Å². The molecule has 1 aromatic rings. The third kappa shape index (κ3) is 3.57. The van der Waals surface area contributed by atoms with Gasteiger partial charge in [-0.05, 0) is 54.6 Å². The van der Waals surface area contributed by atoms with Crippen LogP contribution in [0.25, 0.3) is 0 Å². The van der Waals surface area contributed by atoms with Crippen molar-refractivity contribution in [1.29, 1.82) is 0 Å². The Morgan fingerprint density at radius 3 is 2.59 bits per heavy atom. The van der Waals surface area contributed by atoms with Gasteiger partial charge in [0.2, 0.25) is 0 Å². The minimum Gasteiger partial charge on any atom is -0.507 e. The van der Waals surface area contributed by atoms with Crippen molar-refractivity contribution in [3.05, 3.63) is 27.3 Å². The lowest BCUT2D eigenvalue weighted by Crippen LogP contribution is -2.39. The van der Waals surface area contributed by atoms with Crippen LogP contribution in [-0.2, 0) is 0 Å². The topological polar surface area (TPSA) is 60.8 Å². The van der Waals surface area contributed by atoms with Crippen molar-refractivity contribution in [2.75, 3.05) is 13.2 Å². The Hall–Kier alpha value is -0.820. The van der Waals surface area contributed by atoms with Gasteiger partial charge in [0.25, 0.3) is 5.91 Å². The van der Waals surface area contributed by atoms with Gasteiger partial charge in [0.15, 0.2) is 0 Å². The zero-order chi connectivity index (χ0) is 13.0. The summed E-state index contributed by atoms with van der Waals surface area (Å²) in [5.74, 6) is -0.0788. The smallest absolute Gasteiger partial charge is 0.254 e. The highest BCUT2D eigenvalue weighted by Gasteiger charge is 2.18. The summed E-state index contributed by atoms with van der Waals surface area (Å²) in [5.41, 5.74) is 0.435. The van der Waals surface area contributed by atoms with Crippen molar-refractivity contribution in [3.8, 4) is 5.75 Å². The maximum atomic E-state index is 12.1. The average Bonchev–Trinajstić information content (AvgIpc) is 2.28. The standard InChI is InChI=1S/C12H16INO3/c1-8(2)14(5-6-15)12(17)9-3-4-10(13)11(16)7-9/h3-4,7-8,15-16H,5-6H2,1-2H3. The van der Waals surface area contributed by atoms with Gasteiger partial charge >= 0.3 is 0 Å². The Morgan fingerprint density at radius 1 is 1.47 bits per heavy atom. The molecule has 0 bridgehead atoms. The predicted molar refractivity (Wildman–Crippen MR) is 74.1 cm³/mol. The fraction of sp³-hybridized carbons (Fsp3) is 0.417. The number of hydrogen-bond acceptors (Lipinski definition) is 3. The normalized spacial score (nSPS) is 10.6. The molecule has 0 saturated carbocycles. The molecule has 0 aliphatic heterocycles. The zero-order valence-corrected chi connectivity index (χ0v) is 12.0. The summed E-state index contributed by atoms with van der Waals surface area (Å²) in [6, 6.07) is 4.84. The monoisotopic (exact) mass is 349 g/mol. The van der Waals surface area contributed by atoms with Crippen LogP contribution in [0.1, 0.15) is 24.2 Å². The van der Waals surface area contributed by atoms with Crippen LogP contribution in [0.2, 0.25) is 0 Å². The molecular formula is C12H16INO3. The van der Waals surface area contributed by atoms with E-state index in [2.05, 4.69) is 0 Å². The number of halogens is 1. The van der Waals surface area contributed by atoms with Gasteiger partial charge in [-0.2, -0.15) is 0 Å². The lowest BCUT2D eigenvalue weighted by Gasteiger charge is -2.26. The fourth-order valence-corrected chi connectivity index (χ4v) is 1.85. The molecular weight excluding hydrogens is 333 g/mol. The van der Waals surface area contributed by atoms with Crippen molar-refractivity contribution in [3.63, 3.8) is 0 Å². The van der Waals surface area contributed by atoms with Gasteiger partial charge in [0.1, 0.15) is 5.75 Å². The van der Waals surface area contributed by atoms with Crippen molar-refractivity contribution in [1.82, 2.24) is 4.90 Å². The van der Waals surface area contributed by atoms with Gasteiger partial charge in [0, 0.05) is 18.2 Å². The summed E-state index contributed by atoms with van der Waals surface area (Å²) in [6.45, 7) is 4.00. The fourth-order valence-electron chi connectivity index (χ4n) is 1.51. The van der Waals surface area contributed by atoms with Crippen LogP contribution in [0.15, 0.2) is 18.2 Å². The van der Waals surface area contributed by atoms with E-state index < -0.39 is 0 Å². The Morgan fingerprint density at radius 2 is 2.12 bits per heavy atom. The molecule has 0 fully saturated rings. The van der Waals surface area contributed by atoms with Gasteiger partial charge < -0.3 is 15.1 Å². The lowest BCUT2D eigenvalue weighted by molar-refractivity contribution is 0.0665. The van der Waals surface area contributed by atoms with E-state index in [1.807, 2.05) is 36.4 Å². The molecule has 1 amide bonds. The minimum atomic E-state index is -0.180. The number of hydrogen-bond donors (Lipinski definition) is 2. The number of nitrogens with zero attached hydrogens (tertiary/aromatic N) is 1. The molecule has 1 aromatic carbocycles. The molecule has 0 radical (unpaired) electrons. The largest absolute Gasteiger partial charge is 0.507 e. The number of rotatable bonds is 4. The summed E-state index contributed by atoms with van der Waals surface area (Å²) in [7, 11) is 0. The van der Waals surface area contributed by atoms with Gasteiger partial charge in [0.05, 0.1) is 10.2 Å². The van der Waals surface area contributed by atoms with E-state index in [-0.39, 0.29) is 24.3 Å². The first-order chi connectivity index (χ1) is 7.97. The first kappa shape index (κ1) is 14.2. The lowest BCUT2D eigenvalue weighted by atomic mass is 10.1. The number of carbonyl (C=O) groups is 1. The molecule has 0 heterocycles. The first-order valence-corrected chi connectivity index (χ1v) is 6.45. The molecule has 17 heavy (non-hydrogen) atoms. The number of phenols is 1. The Bertz CT molecular complexity index is 407. The quantitative estimate of drug-likeness (QED) is 0.816. The second kappa shape index (κ2) is 6.20. The van der Waals surface area contributed by atoms with Gasteiger partial charge in [-0.1, -0.05) is 0 Å². The molecule has 2 N–H and O–H groups in total. The van der Waals surface area contributed by atoms with E-state index >= 15 is 0 Å². The van der Waals surface area contributed by atoms with Gasteiger partial charge in [-0.15, -0.1) is 0 Å². The van der Waals surface area contributed by atoms with Crippen LogP contribution in [0.5, 0.6) is 5.75 Å². The van der Waals surface area contributed by atoms with E-state index in [4.69, 9.17) is 5.11 Å². The minimum absolute atomic E-state index is 0.0103. The van der Waals surface area contributed by atoms with E-state index in [1.54, 1.807) is 17.0 Å². The molecule has 94 valence electrons. The first-order valence-electron chi connectivity index (χ1n) is 5.37. The number of amides is 1. The third-order valence-electron chi connectivity index (χ3n) is 2.42. The molecule has 4 nitrogen and oxygen atoms in total. The maximum Gasteiger partial charge on any atom is 0.254 e. The van der Waals surface area contributed by atoms with Crippen LogP contribution in [0, 0.1) is 3.57 Å². The van der Waals surface area contributed by atoms with E-state index in [0.717, 1.165) is 0 Å². The Balaban J connectivity index is 2.97. The molecule has 0 saturated heterocycles. The SMILES string of the molecule is CC(C)N(CCO)C(=O)c1ccc(I)c(O)c1. The van der Waals surface area contributed by atoms with Crippen LogP contribution in [0.3, 0.4) is 0 Å². The summed E-state index contributed by atoms with van der Waals surface area (Å²) in [4.78, 5) is 13.7. The highest BCUT2D eigenvalue weighted by molar-refractivity contribution is 14.1. The second-order valence-electron chi connectivity index (χ2n) is 3.98. The second-order valence-corrected chi connectivity index (χ2v) is 5.14. The number of phenolic OH excluding ortho intramolecular Hbond substituents is 1. The third-order valence-corrected chi connectivity index (χ3v) is 3.33. The molecule has 0 aromatic heterocycles.